The molecule has 1 aromatic carbocycles. The van der Waals surface area contributed by atoms with Gasteiger partial charge in [0.25, 0.3) is 0 Å². The van der Waals surface area contributed by atoms with Gasteiger partial charge >= 0.3 is 0 Å². The van der Waals surface area contributed by atoms with Gasteiger partial charge in [-0.3, -0.25) is 0 Å². The van der Waals surface area contributed by atoms with Gasteiger partial charge in [0.15, 0.2) is 0 Å². The second-order valence-electron chi connectivity index (χ2n) is 2.92. The average Bonchev–Trinajstić information content (AvgIpc) is 2.20. The van der Waals surface area contributed by atoms with Crippen molar-refractivity contribution >= 4 is 15.9 Å². The van der Waals surface area contributed by atoms with E-state index in [0.29, 0.717) is 13.2 Å². The summed E-state index contributed by atoms with van der Waals surface area (Å²) in [5.74, 6) is 0.940. The molecule has 0 fully saturated rings. The Bertz CT molecular complexity index is 263. The van der Waals surface area contributed by atoms with Gasteiger partial charge in [-0.25, -0.2) is 0 Å². The Morgan fingerprint density at radius 3 is 2.64 bits per heavy atom. The average molecular weight is 259 g/mol. The number of halogens is 1. The van der Waals surface area contributed by atoms with Crippen molar-refractivity contribution in [1.29, 1.82) is 0 Å². The minimum absolute atomic E-state index is 0.609. The molecule has 0 saturated heterocycles. The molecular formula is C11H15BrO2. The third-order valence-electron chi connectivity index (χ3n) is 1.80. The van der Waals surface area contributed by atoms with Gasteiger partial charge < -0.3 is 9.47 Å². The SMILES string of the molecule is Cc1ccccc1OCCOCCBr. The molecule has 0 amide bonds. The Kier molecular flexibility index (Phi) is 5.64. The van der Waals surface area contributed by atoms with E-state index < -0.39 is 0 Å². The summed E-state index contributed by atoms with van der Waals surface area (Å²) in [5, 5.41) is 0.872. The highest BCUT2D eigenvalue weighted by molar-refractivity contribution is 9.09. The van der Waals surface area contributed by atoms with Crippen LogP contribution in [0.25, 0.3) is 0 Å². The van der Waals surface area contributed by atoms with Gasteiger partial charge in [-0.1, -0.05) is 34.1 Å². The standard InChI is InChI=1S/C11H15BrO2/c1-10-4-2-3-5-11(10)14-9-8-13-7-6-12/h2-5H,6-9H2,1H3. The van der Waals surface area contributed by atoms with Crippen molar-refractivity contribution in [2.45, 2.75) is 6.92 Å². The van der Waals surface area contributed by atoms with E-state index in [9.17, 15) is 0 Å². The third-order valence-corrected chi connectivity index (χ3v) is 2.12. The lowest BCUT2D eigenvalue weighted by atomic mass is 10.2. The molecule has 1 rings (SSSR count). The topological polar surface area (TPSA) is 18.5 Å². The van der Waals surface area contributed by atoms with E-state index in [1.165, 1.54) is 0 Å². The van der Waals surface area contributed by atoms with E-state index in [-0.39, 0.29) is 0 Å². The van der Waals surface area contributed by atoms with Gasteiger partial charge in [0.2, 0.25) is 0 Å². The largest absolute Gasteiger partial charge is 0.491 e. The van der Waals surface area contributed by atoms with Gasteiger partial charge in [0.1, 0.15) is 12.4 Å². The molecule has 0 aromatic heterocycles. The van der Waals surface area contributed by atoms with E-state index in [0.717, 1.165) is 23.2 Å². The number of para-hydroxylation sites is 1. The molecule has 0 atom stereocenters. The Labute approximate surface area is 93.4 Å². The minimum Gasteiger partial charge on any atom is -0.491 e. The quantitative estimate of drug-likeness (QED) is 0.577. The lowest BCUT2D eigenvalue weighted by Gasteiger charge is -2.08. The second kappa shape index (κ2) is 6.85. The molecule has 0 saturated carbocycles. The molecule has 78 valence electrons. The van der Waals surface area contributed by atoms with Gasteiger partial charge in [-0.2, -0.15) is 0 Å². The second-order valence-corrected chi connectivity index (χ2v) is 3.71. The maximum absolute atomic E-state index is 5.54. The molecule has 0 aliphatic carbocycles. The fraction of sp³-hybridized carbons (Fsp3) is 0.455. The maximum Gasteiger partial charge on any atom is 0.122 e. The zero-order valence-electron chi connectivity index (χ0n) is 8.33. The van der Waals surface area contributed by atoms with E-state index in [1.807, 2.05) is 31.2 Å². The summed E-state index contributed by atoms with van der Waals surface area (Å²) in [6.07, 6.45) is 0. The van der Waals surface area contributed by atoms with Crippen LogP contribution in [0.4, 0.5) is 0 Å². The summed E-state index contributed by atoms with van der Waals surface area (Å²) < 4.78 is 10.8. The molecule has 3 heteroatoms. The minimum atomic E-state index is 0.609. The summed E-state index contributed by atoms with van der Waals surface area (Å²) in [6, 6.07) is 7.99. The number of alkyl halides is 1. The molecule has 0 bridgehead atoms. The highest BCUT2D eigenvalue weighted by atomic mass is 79.9. The molecule has 0 N–H and O–H groups in total. The van der Waals surface area contributed by atoms with Crippen LogP contribution in [0.15, 0.2) is 24.3 Å². The maximum atomic E-state index is 5.54. The number of ether oxygens (including phenoxy) is 2. The smallest absolute Gasteiger partial charge is 0.122 e. The molecule has 14 heavy (non-hydrogen) atoms. The lowest BCUT2D eigenvalue weighted by Crippen LogP contribution is -2.08. The first-order valence-corrected chi connectivity index (χ1v) is 5.79. The zero-order chi connectivity index (χ0) is 10.2. The van der Waals surface area contributed by atoms with E-state index in [2.05, 4.69) is 15.9 Å². The molecule has 0 heterocycles. The molecule has 0 aliphatic heterocycles. The predicted octanol–water partition coefficient (Wildman–Crippen LogP) is 2.79. The molecule has 2 nitrogen and oxygen atoms in total. The van der Waals surface area contributed by atoms with Crippen LogP contribution in [0.5, 0.6) is 5.75 Å². The monoisotopic (exact) mass is 258 g/mol. The van der Waals surface area contributed by atoms with Crippen molar-refractivity contribution in [2.75, 3.05) is 25.2 Å². The van der Waals surface area contributed by atoms with Gasteiger partial charge in [0, 0.05) is 5.33 Å². The Morgan fingerprint density at radius 1 is 1.14 bits per heavy atom. The van der Waals surface area contributed by atoms with Crippen LogP contribution >= 0.6 is 15.9 Å². The van der Waals surface area contributed by atoms with E-state index in [1.54, 1.807) is 0 Å². The summed E-state index contributed by atoms with van der Waals surface area (Å²) >= 11 is 3.29. The number of aryl methyl sites for hydroxylation is 1. The lowest BCUT2D eigenvalue weighted by molar-refractivity contribution is 0.112. The van der Waals surface area contributed by atoms with Crippen LogP contribution < -0.4 is 4.74 Å². The van der Waals surface area contributed by atoms with Crippen LogP contribution in [0.3, 0.4) is 0 Å². The fourth-order valence-corrected chi connectivity index (χ4v) is 1.31. The Morgan fingerprint density at radius 2 is 1.93 bits per heavy atom. The van der Waals surface area contributed by atoms with E-state index in [4.69, 9.17) is 9.47 Å². The summed E-state index contributed by atoms with van der Waals surface area (Å²) in [7, 11) is 0. The highest BCUT2D eigenvalue weighted by Crippen LogP contribution is 2.15. The van der Waals surface area contributed by atoms with Gasteiger partial charge in [0.05, 0.1) is 13.2 Å². The van der Waals surface area contributed by atoms with Crippen molar-refractivity contribution in [1.82, 2.24) is 0 Å². The van der Waals surface area contributed by atoms with Crippen molar-refractivity contribution in [3.8, 4) is 5.75 Å². The summed E-state index contributed by atoms with van der Waals surface area (Å²) in [5.41, 5.74) is 1.16. The predicted molar refractivity (Wildman–Crippen MR) is 61.3 cm³/mol. The number of benzene rings is 1. The van der Waals surface area contributed by atoms with Gasteiger partial charge in [-0.15, -0.1) is 0 Å². The van der Waals surface area contributed by atoms with Crippen LogP contribution in [-0.2, 0) is 4.74 Å². The first-order chi connectivity index (χ1) is 6.84. The summed E-state index contributed by atoms with van der Waals surface area (Å²) in [6.45, 7) is 4.02. The Balaban J connectivity index is 2.21. The normalized spacial score (nSPS) is 10.1. The molecule has 0 unspecified atom stereocenters. The number of hydrogen-bond acceptors (Lipinski definition) is 2. The highest BCUT2D eigenvalue weighted by Gasteiger charge is 1.96. The molecular weight excluding hydrogens is 244 g/mol. The van der Waals surface area contributed by atoms with Crippen LogP contribution in [0, 0.1) is 6.92 Å². The van der Waals surface area contributed by atoms with Gasteiger partial charge in [-0.05, 0) is 18.6 Å². The Hall–Kier alpha value is -0.540. The first-order valence-electron chi connectivity index (χ1n) is 4.66. The zero-order valence-corrected chi connectivity index (χ0v) is 9.92. The first kappa shape index (κ1) is 11.5. The van der Waals surface area contributed by atoms with Crippen LogP contribution in [-0.4, -0.2) is 25.2 Å². The molecule has 0 aliphatic rings. The molecule has 0 radical (unpaired) electrons. The molecule has 1 aromatic rings. The molecule has 0 spiro atoms. The van der Waals surface area contributed by atoms with E-state index >= 15 is 0 Å². The van der Waals surface area contributed by atoms with Crippen molar-refractivity contribution < 1.29 is 9.47 Å². The number of hydrogen-bond donors (Lipinski definition) is 0. The van der Waals surface area contributed by atoms with Crippen LogP contribution in [0.1, 0.15) is 5.56 Å². The van der Waals surface area contributed by atoms with Crippen molar-refractivity contribution in [3.63, 3.8) is 0 Å². The van der Waals surface area contributed by atoms with Crippen LogP contribution in [0.2, 0.25) is 0 Å². The fourth-order valence-electron chi connectivity index (χ4n) is 1.09. The summed E-state index contributed by atoms with van der Waals surface area (Å²) in [4.78, 5) is 0. The van der Waals surface area contributed by atoms with Crippen molar-refractivity contribution in [2.24, 2.45) is 0 Å². The third kappa shape index (κ3) is 4.11. The van der Waals surface area contributed by atoms with Crippen molar-refractivity contribution in [3.05, 3.63) is 29.8 Å². The number of rotatable bonds is 6.